The van der Waals surface area contributed by atoms with Crippen LogP contribution >= 0.6 is 11.6 Å². The number of nitrogens with one attached hydrogen (secondary N) is 1. The molecule has 0 bridgehead atoms. The summed E-state index contributed by atoms with van der Waals surface area (Å²) >= 11 is 5.89. The second-order valence-corrected chi connectivity index (χ2v) is 6.30. The molecule has 3 rings (SSSR count). The van der Waals surface area contributed by atoms with Crippen LogP contribution in [-0.2, 0) is 11.2 Å². The number of benzene rings is 2. The van der Waals surface area contributed by atoms with Gasteiger partial charge in [0.05, 0.1) is 26.9 Å². The predicted octanol–water partition coefficient (Wildman–Crippen LogP) is 4.31. The van der Waals surface area contributed by atoms with Crippen LogP contribution in [0, 0.1) is 0 Å². The lowest BCUT2D eigenvalue weighted by Gasteiger charge is -2.09. The smallest absolute Gasteiger partial charge is 0.244 e. The zero-order valence-electron chi connectivity index (χ0n) is 15.4. The maximum absolute atomic E-state index is 12.1. The Morgan fingerprint density at radius 2 is 1.82 bits per heavy atom. The van der Waals surface area contributed by atoms with E-state index in [0.29, 0.717) is 28.0 Å². The first-order valence-corrected chi connectivity index (χ1v) is 8.85. The fraction of sp³-hybridized carbons (Fsp3) is 0.143. The average molecular weight is 399 g/mol. The van der Waals surface area contributed by atoms with Crippen LogP contribution in [0.5, 0.6) is 11.5 Å². The molecule has 7 heteroatoms. The Morgan fingerprint density at radius 1 is 1.07 bits per heavy atom. The molecule has 144 valence electrons. The van der Waals surface area contributed by atoms with Crippen LogP contribution in [0.2, 0.25) is 5.02 Å². The van der Waals surface area contributed by atoms with Crippen molar-refractivity contribution >= 4 is 23.7 Å². The topological polar surface area (TPSA) is 73.1 Å². The normalized spacial score (nSPS) is 10.8. The number of furan rings is 1. The molecule has 0 atom stereocenters. The predicted molar refractivity (Wildman–Crippen MR) is 108 cm³/mol. The van der Waals surface area contributed by atoms with Gasteiger partial charge in [-0.2, -0.15) is 5.10 Å². The summed E-state index contributed by atoms with van der Waals surface area (Å²) in [7, 11) is 3.11. The lowest BCUT2D eigenvalue weighted by atomic mass is 10.1. The molecule has 0 radical (unpaired) electrons. The van der Waals surface area contributed by atoms with Crippen molar-refractivity contribution in [3.8, 4) is 22.8 Å². The van der Waals surface area contributed by atoms with Crippen molar-refractivity contribution in [1.82, 2.24) is 5.43 Å². The van der Waals surface area contributed by atoms with Gasteiger partial charge in [0.2, 0.25) is 5.91 Å². The van der Waals surface area contributed by atoms with Gasteiger partial charge < -0.3 is 13.9 Å². The van der Waals surface area contributed by atoms with Crippen molar-refractivity contribution in [3.05, 3.63) is 70.9 Å². The van der Waals surface area contributed by atoms with Gasteiger partial charge in [0.25, 0.3) is 0 Å². The van der Waals surface area contributed by atoms with Gasteiger partial charge in [-0.05, 0) is 54.1 Å². The van der Waals surface area contributed by atoms with E-state index < -0.39 is 0 Å². The Balaban J connectivity index is 1.57. The second kappa shape index (κ2) is 9.10. The number of amides is 1. The van der Waals surface area contributed by atoms with E-state index in [1.807, 2.05) is 18.2 Å². The van der Waals surface area contributed by atoms with Crippen molar-refractivity contribution in [2.45, 2.75) is 6.42 Å². The number of methoxy groups -OCH3 is 2. The van der Waals surface area contributed by atoms with Gasteiger partial charge in [0.15, 0.2) is 11.5 Å². The molecule has 3 aromatic rings. The third kappa shape index (κ3) is 4.92. The molecule has 0 unspecified atom stereocenters. The van der Waals surface area contributed by atoms with Crippen LogP contribution < -0.4 is 14.9 Å². The minimum absolute atomic E-state index is 0.159. The minimum Gasteiger partial charge on any atom is -0.493 e. The van der Waals surface area contributed by atoms with Crippen molar-refractivity contribution in [2.75, 3.05) is 14.2 Å². The Bertz CT molecular complexity index is 980. The number of hydrogen-bond acceptors (Lipinski definition) is 5. The van der Waals surface area contributed by atoms with Crippen LogP contribution in [0.3, 0.4) is 0 Å². The molecule has 0 aliphatic rings. The number of halogens is 1. The van der Waals surface area contributed by atoms with Crippen LogP contribution in [0.15, 0.2) is 64.1 Å². The van der Waals surface area contributed by atoms with Crippen LogP contribution in [0.1, 0.15) is 11.3 Å². The monoisotopic (exact) mass is 398 g/mol. The summed E-state index contributed by atoms with van der Waals surface area (Å²) in [4.78, 5) is 12.1. The molecule has 1 amide bonds. The zero-order chi connectivity index (χ0) is 19.9. The van der Waals surface area contributed by atoms with Gasteiger partial charge in [-0.25, -0.2) is 5.43 Å². The third-order valence-corrected chi connectivity index (χ3v) is 4.20. The first-order chi connectivity index (χ1) is 13.6. The van der Waals surface area contributed by atoms with E-state index in [0.717, 1.165) is 11.1 Å². The fourth-order valence-electron chi connectivity index (χ4n) is 2.57. The van der Waals surface area contributed by atoms with E-state index >= 15 is 0 Å². The molecule has 0 fully saturated rings. The summed E-state index contributed by atoms with van der Waals surface area (Å²) in [6.45, 7) is 0. The number of carbonyl (C=O) groups excluding carboxylic acids is 1. The van der Waals surface area contributed by atoms with Gasteiger partial charge >= 0.3 is 0 Å². The highest BCUT2D eigenvalue weighted by Crippen LogP contribution is 2.27. The molecular weight excluding hydrogens is 380 g/mol. The Labute approximate surface area is 167 Å². The number of nitrogens with zero attached hydrogens (tertiary/aromatic N) is 1. The fourth-order valence-corrected chi connectivity index (χ4v) is 2.70. The summed E-state index contributed by atoms with van der Waals surface area (Å²) in [6.07, 6.45) is 1.61. The number of hydrazone groups is 1. The number of ether oxygens (including phenoxy) is 2. The molecule has 6 nitrogen and oxygen atoms in total. The van der Waals surface area contributed by atoms with Gasteiger partial charge in [0, 0.05) is 10.6 Å². The van der Waals surface area contributed by atoms with Crippen LogP contribution in [-0.4, -0.2) is 26.3 Å². The first-order valence-electron chi connectivity index (χ1n) is 8.47. The Hall–Kier alpha value is -3.25. The molecule has 0 saturated heterocycles. The number of rotatable bonds is 7. The van der Waals surface area contributed by atoms with Gasteiger partial charge in [-0.15, -0.1) is 0 Å². The standard InChI is InChI=1S/C21H19ClN2O4/c1-26-19-9-3-14(11-20(19)27-2)12-21(25)24-23-13-17-8-10-18(28-17)15-4-6-16(22)7-5-15/h3-11,13H,12H2,1-2H3,(H,24,25)/b23-13+. The maximum Gasteiger partial charge on any atom is 0.244 e. The molecule has 1 N–H and O–H groups in total. The van der Waals surface area contributed by atoms with E-state index in [-0.39, 0.29) is 12.3 Å². The van der Waals surface area contributed by atoms with Gasteiger partial charge in [0.1, 0.15) is 11.5 Å². The van der Waals surface area contributed by atoms with E-state index in [4.69, 9.17) is 25.5 Å². The van der Waals surface area contributed by atoms with Crippen LogP contribution in [0.25, 0.3) is 11.3 Å². The Morgan fingerprint density at radius 3 is 2.54 bits per heavy atom. The maximum atomic E-state index is 12.1. The van der Waals surface area contributed by atoms with Crippen molar-refractivity contribution in [3.63, 3.8) is 0 Å². The molecular formula is C21H19ClN2O4. The lowest BCUT2D eigenvalue weighted by Crippen LogP contribution is -2.19. The lowest BCUT2D eigenvalue weighted by molar-refractivity contribution is -0.120. The molecule has 1 heterocycles. The molecule has 0 saturated carbocycles. The van der Waals surface area contributed by atoms with E-state index in [1.165, 1.54) is 6.21 Å². The highest BCUT2D eigenvalue weighted by Gasteiger charge is 2.08. The molecule has 2 aromatic carbocycles. The summed E-state index contributed by atoms with van der Waals surface area (Å²) in [5.41, 5.74) is 4.17. The van der Waals surface area contributed by atoms with Crippen LogP contribution in [0.4, 0.5) is 0 Å². The largest absolute Gasteiger partial charge is 0.493 e. The van der Waals surface area contributed by atoms with Gasteiger partial charge in [-0.1, -0.05) is 17.7 Å². The van der Waals surface area contributed by atoms with Gasteiger partial charge in [-0.3, -0.25) is 4.79 Å². The molecule has 0 spiro atoms. The average Bonchev–Trinajstić information content (AvgIpc) is 3.17. The SMILES string of the molecule is COc1ccc(CC(=O)N/N=C/c2ccc(-c3ccc(Cl)cc3)o2)cc1OC. The molecule has 28 heavy (non-hydrogen) atoms. The minimum atomic E-state index is -0.257. The quantitative estimate of drug-likeness (QED) is 0.475. The van der Waals surface area contributed by atoms with Crippen molar-refractivity contribution in [1.29, 1.82) is 0 Å². The summed E-state index contributed by atoms with van der Waals surface area (Å²) < 4.78 is 16.1. The zero-order valence-corrected chi connectivity index (χ0v) is 16.2. The third-order valence-electron chi connectivity index (χ3n) is 3.95. The molecule has 0 aliphatic carbocycles. The summed E-state index contributed by atoms with van der Waals surface area (Å²) in [5, 5.41) is 4.60. The summed E-state index contributed by atoms with van der Waals surface area (Å²) in [6, 6.07) is 16.2. The van der Waals surface area contributed by atoms with Crippen molar-refractivity contribution in [2.24, 2.45) is 5.10 Å². The second-order valence-electron chi connectivity index (χ2n) is 5.87. The summed E-state index contributed by atoms with van der Waals surface area (Å²) in [5.74, 6) is 2.14. The number of carbonyl (C=O) groups is 1. The first kappa shape index (κ1) is 19.5. The van der Waals surface area contributed by atoms with E-state index in [2.05, 4.69) is 10.5 Å². The number of hydrogen-bond donors (Lipinski definition) is 1. The highest BCUT2D eigenvalue weighted by atomic mass is 35.5. The highest BCUT2D eigenvalue weighted by molar-refractivity contribution is 6.30. The van der Waals surface area contributed by atoms with E-state index in [9.17, 15) is 4.79 Å². The molecule has 1 aromatic heterocycles. The van der Waals surface area contributed by atoms with E-state index in [1.54, 1.807) is 50.6 Å². The Kier molecular flexibility index (Phi) is 6.34. The molecule has 0 aliphatic heterocycles. The van der Waals surface area contributed by atoms with Crippen molar-refractivity contribution < 1.29 is 18.7 Å².